The van der Waals surface area contributed by atoms with Crippen molar-refractivity contribution in [2.24, 2.45) is 0 Å². The van der Waals surface area contributed by atoms with Gasteiger partial charge in [-0.2, -0.15) is 0 Å². The van der Waals surface area contributed by atoms with Gasteiger partial charge in [0.15, 0.2) is 0 Å². The summed E-state index contributed by atoms with van der Waals surface area (Å²) in [6.45, 7) is 5.30. The van der Waals surface area contributed by atoms with Crippen LogP contribution in [0.5, 0.6) is 0 Å². The molecule has 1 aliphatic heterocycles. The molecular weight excluding hydrogens is 331 g/mol. The summed E-state index contributed by atoms with van der Waals surface area (Å²) in [5.74, 6) is 1.48. The SMILES string of the molecule is CCCc1cnc(C)nc1N[C@H]1CC(=O)N(CCc2ccc(F)cc2)C1. The van der Waals surface area contributed by atoms with Gasteiger partial charge in [-0.15, -0.1) is 0 Å². The number of carbonyl (C=O) groups excluding carboxylic acids is 1. The van der Waals surface area contributed by atoms with Crippen molar-refractivity contribution in [3.63, 3.8) is 0 Å². The van der Waals surface area contributed by atoms with E-state index in [1.54, 1.807) is 12.1 Å². The normalized spacial score (nSPS) is 17.0. The number of hydrogen-bond donors (Lipinski definition) is 1. The highest BCUT2D eigenvalue weighted by Gasteiger charge is 2.29. The molecule has 5 nitrogen and oxygen atoms in total. The molecule has 0 spiro atoms. The van der Waals surface area contributed by atoms with Gasteiger partial charge in [0.05, 0.1) is 6.04 Å². The lowest BCUT2D eigenvalue weighted by Crippen LogP contribution is -2.30. The van der Waals surface area contributed by atoms with Crippen molar-refractivity contribution in [3.8, 4) is 0 Å². The first-order valence-electron chi connectivity index (χ1n) is 9.16. The van der Waals surface area contributed by atoms with E-state index in [-0.39, 0.29) is 17.8 Å². The molecular formula is C20H25FN4O. The molecule has 1 atom stereocenters. The number of aryl methyl sites for hydroxylation is 2. The molecule has 1 aromatic carbocycles. The van der Waals surface area contributed by atoms with Gasteiger partial charge < -0.3 is 10.2 Å². The molecule has 1 aliphatic rings. The Morgan fingerprint density at radius 1 is 1.27 bits per heavy atom. The fourth-order valence-corrected chi connectivity index (χ4v) is 3.27. The molecule has 1 N–H and O–H groups in total. The first kappa shape index (κ1) is 18.3. The minimum atomic E-state index is -0.238. The Hall–Kier alpha value is -2.50. The Morgan fingerprint density at radius 2 is 2.04 bits per heavy atom. The maximum atomic E-state index is 13.0. The van der Waals surface area contributed by atoms with E-state index in [0.717, 1.165) is 42.0 Å². The predicted octanol–water partition coefficient (Wildman–Crippen LogP) is 3.13. The molecule has 1 amide bonds. The second-order valence-corrected chi connectivity index (χ2v) is 6.80. The van der Waals surface area contributed by atoms with Crippen molar-refractivity contribution in [1.82, 2.24) is 14.9 Å². The van der Waals surface area contributed by atoms with E-state index in [1.165, 1.54) is 12.1 Å². The average Bonchev–Trinajstić information content (AvgIpc) is 2.96. The standard InChI is InChI=1S/C20H25FN4O/c1-3-4-16-12-22-14(2)23-20(16)24-18-11-19(26)25(13-18)10-9-15-5-7-17(21)8-6-15/h5-8,12,18H,3-4,9-11,13H2,1-2H3,(H,22,23,24)/t18-/m0/s1. The van der Waals surface area contributed by atoms with E-state index in [2.05, 4.69) is 22.2 Å². The molecule has 2 heterocycles. The Bertz CT molecular complexity index is 763. The zero-order valence-electron chi connectivity index (χ0n) is 15.3. The monoisotopic (exact) mass is 356 g/mol. The smallest absolute Gasteiger partial charge is 0.224 e. The number of rotatable bonds is 7. The Labute approximate surface area is 153 Å². The van der Waals surface area contributed by atoms with Crippen LogP contribution in [0.15, 0.2) is 30.5 Å². The van der Waals surface area contributed by atoms with E-state index < -0.39 is 0 Å². The van der Waals surface area contributed by atoms with Crippen LogP contribution in [-0.4, -0.2) is 39.9 Å². The van der Waals surface area contributed by atoms with Crippen LogP contribution >= 0.6 is 0 Å². The molecule has 6 heteroatoms. The third-order valence-electron chi connectivity index (χ3n) is 4.64. The summed E-state index contributed by atoms with van der Waals surface area (Å²) in [5.41, 5.74) is 2.13. The van der Waals surface area contributed by atoms with Crippen LogP contribution in [-0.2, 0) is 17.6 Å². The number of nitrogens with zero attached hydrogens (tertiary/aromatic N) is 3. The van der Waals surface area contributed by atoms with Crippen molar-refractivity contribution in [2.45, 2.75) is 45.6 Å². The van der Waals surface area contributed by atoms with Gasteiger partial charge in [0, 0.05) is 31.3 Å². The number of carbonyl (C=O) groups is 1. The first-order valence-corrected chi connectivity index (χ1v) is 9.16. The number of nitrogens with one attached hydrogen (secondary N) is 1. The maximum absolute atomic E-state index is 13.0. The van der Waals surface area contributed by atoms with E-state index in [0.29, 0.717) is 19.5 Å². The van der Waals surface area contributed by atoms with Crippen LogP contribution in [0, 0.1) is 12.7 Å². The van der Waals surface area contributed by atoms with Gasteiger partial charge in [0.2, 0.25) is 5.91 Å². The quantitative estimate of drug-likeness (QED) is 0.828. The van der Waals surface area contributed by atoms with Gasteiger partial charge in [0.1, 0.15) is 17.5 Å². The molecule has 3 rings (SSSR count). The Morgan fingerprint density at radius 3 is 2.77 bits per heavy atom. The van der Waals surface area contributed by atoms with Crippen molar-refractivity contribution >= 4 is 11.7 Å². The second kappa shape index (κ2) is 8.25. The first-order chi connectivity index (χ1) is 12.5. The summed E-state index contributed by atoms with van der Waals surface area (Å²) in [6.07, 6.45) is 5.01. The summed E-state index contributed by atoms with van der Waals surface area (Å²) in [5, 5.41) is 3.44. The van der Waals surface area contributed by atoms with Crippen molar-refractivity contribution in [3.05, 3.63) is 53.2 Å². The van der Waals surface area contributed by atoms with Gasteiger partial charge in [-0.05, 0) is 37.5 Å². The lowest BCUT2D eigenvalue weighted by Gasteiger charge is -2.18. The number of likely N-dealkylation sites (tertiary alicyclic amines) is 1. The summed E-state index contributed by atoms with van der Waals surface area (Å²) in [7, 11) is 0. The van der Waals surface area contributed by atoms with Gasteiger partial charge >= 0.3 is 0 Å². The predicted molar refractivity (Wildman–Crippen MR) is 99.5 cm³/mol. The van der Waals surface area contributed by atoms with E-state index in [1.807, 2.05) is 18.0 Å². The fraction of sp³-hybridized carbons (Fsp3) is 0.450. The Kier molecular flexibility index (Phi) is 5.81. The lowest BCUT2D eigenvalue weighted by atomic mass is 10.1. The largest absolute Gasteiger partial charge is 0.365 e. The molecule has 1 fully saturated rings. The second-order valence-electron chi connectivity index (χ2n) is 6.80. The van der Waals surface area contributed by atoms with Crippen molar-refractivity contribution < 1.29 is 9.18 Å². The summed E-state index contributed by atoms with van der Waals surface area (Å²) in [6, 6.07) is 6.51. The number of hydrogen-bond acceptors (Lipinski definition) is 4. The molecule has 0 aliphatic carbocycles. The zero-order valence-corrected chi connectivity index (χ0v) is 15.3. The van der Waals surface area contributed by atoms with Crippen LogP contribution in [0.3, 0.4) is 0 Å². The highest BCUT2D eigenvalue weighted by atomic mass is 19.1. The van der Waals surface area contributed by atoms with E-state index >= 15 is 0 Å². The lowest BCUT2D eigenvalue weighted by molar-refractivity contribution is -0.127. The maximum Gasteiger partial charge on any atom is 0.224 e. The molecule has 0 radical (unpaired) electrons. The molecule has 2 aromatic rings. The number of halogens is 1. The number of anilines is 1. The third-order valence-corrected chi connectivity index (χ3v) is 4.64. The molecule has 1 saturated heterocycles. The van der Waals surface area contributed by atoms with Gasteiger partial charge in [-0.3, -0.25) is 4.79 Å². The van der Waals surface area contributed by atoms with Gasteiger partial charge in [-0.25, -0.2) is 14.4 Å². The topological polar surface area (TPSA) is 58.1 Å². The van der Waals surface area contributed by atoms with Crippen LogP contribution in [0.25, 0.3) is 0 Å². The highest BCUT2D eigenvalue weighted by Crippen LogP contribution is 2.20. The van der Waals surface area contributed by atoms with E-state index in [9.17, 15) is 9.18 Å². The van der Waals surface area contributed by atoms with Crippen LogP contribution in [0.4, 0.5) is 10.2 Å². The summed E-state index contributed by atoms with van der Waals surface area (Å²) >= 11 is 0. The summed E-state index contributed by atoms with van der Waals surface area (Å²) in [4.78, 5) is 23.0. The van der Waals surface area contributed by atoms with Crippen LogP contribution in [0.1, 0.15) is 36.7 Å². The highest BCUT2D eigenvalue weighted by molar-refractivity contribution is 5.80. The van der Waals surface area contributed by atoms with Crippen molar-refractivity contribution in [1.29, 1.82) is 0 Å². The minimum absolute atomic E-state index is 0.0561. The number of benzene rings is 1. The zero-order chi connectivity index (χ0) is 18.5. The van der Waals surface area contributed by atoms with E-state index in [4.69, 9.17) is 0 Å². The van der Waals surface area contributed by atoms with Crippen molar-refractivity contribution in [2.75, 3.05) is 18.4 Å². The van der Waals surface area contributed by atoms with Gasteiger partial charge in [-0.1, -0.05) is 25.5 Å². The molecule has 0 bridgehead atoms. The van der Waals surface area contributed by atoms with Crippen LogP contribution in [0.2, 0.25) is 0 Å². The molecule has 0 saturated carbocycles. The minimum Gasteiger partial charge on any atom is -0.365 e. The molecule has 1 aromatic heterocycles. The molecule has 26 heavy (non-hydrogen) atoms. The number of aromatic nitrogens is 2. The molecule has 138 valence electrons. The fourth-order valence-electron chi connectivity index (χ4n) is 3.27. The van der Waals surface area contributed by atoms with Crippen LogP contribution < -0.4 is 5.32 Å². The molecule has 0 unspecified atom stereocenters. The average molecular weight is 356 g/mol. The third kappa shape index (κ3) is 4.56. The van der Waals surface area contributed by atoms with Gasteiger partial charge in [0.25, 0.3) is 0 Å². The summed E-state index contributed by atoms with van der Waals surface area (Å²) < 4.78 is 13.0. The number of amides is 1. The Balaban J connectivity index is 1.59.